The number of hydrogen-bond acceptors (Lipinski definition) is 6. The predicted molar refractivity (Wildman–Crippen MR) is 80.9 cm³/mol. The molecule has 0 atom stereocenters. The lowest BCUT2D eigenvalue weighted by Crippen LogP contribution is -2.47. The predicted octanol–water partition coefficient (Wildman–Crippen LogP) is 0.788. The van der Waals surface area contributed by atoms with E-state index in [0.29, 0.717) is 4.99 Å². The number of hydrogen-bond donors (Lipinski definition) is 1. The second-order valence-corrected chi connectivity index (χ2v) is 5.20. The molecule has 1 fully saturated rings. The van der Waals surface area contributed by atoms with Crippen molar-refractivity contribution < 1.29 is 4.92 Å². The van der Waals surface area contributed by atoms with Crippen LogP contribution in [0.4, 0.5) is 11.5 Å². The molecule has 0 bridgehead atoms. The van der Waals surface area contributed by atoms with Crippen molar-refractivity contribution in [3.63, 3.8) is 0 Å². The van der Waals surface area contributed by atoms with E-state index in [9.17, 15) is 10.1 Å². The molecule has 1 aromatic rings. The van der Waals surface area contributed by atoms with Crippen LogP contribution >= 0.6 is 12.2 Å². The van der Waals surface area contributed by atoms with E-state index < -0.39 is 4.92 Å². The molecular weight excluding hydrogens is 278 g/mol. The largest absolute Gasteiger partial charge is 0.393 e. The van der Waals surface area contributed by atoms with Crippen LogP contribution in [0.25, 0.3) is 0 Å². The Morgan fingerprint density at radius 1 is 1.40 bits per heavy atom. The zero-order valence-electron chi connectivity index (χ0n) is 11.1. The van der Waals surface area contributed by atoms with Gasteiger partial charge in [-0.25, -0.2) is 4.98 Å². The van der Waals surface area contributed by atoms with Crippen molar-refractivity contribution in [3.8, 4) is 0 Å². The summed E-state index contributed by atoms with van der Waals surface area (Å²) < 4.78 is 0. The van der Waals surface area contributed by atoms with Gasteiger partial charge in [-0.1, -0.05) is 12.2 Å². The number of nitrogens with zero attached hydrogens (tertiary/aromatic N) is 4. The van der Waals surface area contributed by atoms with Crippen molar-refractivity contribution in [3.05, 3.63) is 28.4 Å². The van der Waals surface area contributed by atoms with Crippen LogP contribution in [0.1, 0.15) is 6.42 Å². The monoisotopic (exact) mass is 295 g/mol. The van der Waals surface area contributed by atoms with E-state index in [1.54, 1.807) is 6.07 Å². The standard InChI is InChI=1S/C12H17N5O2S/c13-11(20)3-4-15-5-7-16(8-6-15)12-2-1-10(9-14-12)17(18)19/h1-2,9H,3-8H2,(H2,13,20). The normalized spacial score (nSPS) is 16.1. The highest BCUT2D eigenvalue weighted by atomic mass is 32.1. The Morgan fingerprint density at radius 2 is 2.10 bits per heavy atom. The summed E-state index contributed by atoms with van der Waals surface area (Å²) in [5.41, 5.74) is 5.51. The lowest BCUT2D eigenvalue weighted by molar-refractivity contribution is -0.385. The molecule has 1 aliphatic heterocycles. The summed E-state index contributed by atoms with van der Waals surface area (Å²) in [5.74, 6) is 0.782. The lowest BCUT2D eigenvalue weighted by Gasteiger charge is -2.35. The van der Waals surface area contributed by atoms with Gasteiger partial charge in [0.1, 0.15) is 12.0 Å². The minimum atomic E-state index is -0.440. The quantitative estimate of drug-likeness (QED) is 0.488. The van der Waals surface area contributed by atoms with Gasteiger partial charge in [-0.2, -0.15) is 0 Å². The molecular formula is C12H17N5O2S. The summed E-state index contributed by atoms with van der Waals surface area (Å²) in [6.07, 6.45) is 2.04. The Bertz CT molecular complexity index is 485. The zero-order chi connectivity index (χ0) is 14.5. The fraction of sp³-hybridized carbons (Fsp3) is 0.500. The van der Waals surface area contributed by atoms with Crippen LogP contribution in [0.15, 0.2) is 18.3 Å². The molecule has 8 heteroatoms. The smallest absolute Gasteiger partial charge is 0.287 e. The number of nitrogens with two attached hydrogens (primary N) is 1. The highest BCUT2D eigenvalue weighted by molar-refractivity contribution is 7.80. The van der Waals surface area contributed by atoms with Crippen molar-refractivity contribution in [2.75, 3.05) is 37.6 Å². The fourth-order valence-electron chi connectivity index (χ4n) is 2.14. The number of rotatable bonds is 5. The highest BCUT2D eigenvalue weighted by Crippen LogP contribution is 2.17. The average Bonchev–Trinajstić information content (AvgIpc) is 2.46. The van der Waals surface area contributed by atoms with E-state index in [1.807, 2.05) is 0 Å². The number of nitro groups is 1. The minimum absolute atomic E-state index is 0.0174. The molecule has 2 rings (SSSR count). The van der Waals surface area contributed by atoms with E-state index >= 15 is 0 Å². The van der Waals surface area contributed by atoms with Gasteiger partial charge >= 0.3 is 0 Å². The Hall–Kier alpha value is -1.80. The van der Waals surface area contributed by atoms with E-state index in [1.165, 1.54) is 12.3 Å². The van der Waals surface area contributed by atoms with Crippen LogP contribution in [0.3, 0.4) is 0 Å². The Labute approximate surface area is 122 Å². The van der Waals surface area contributed by atoms with Gasteiger partial charge in [0, 0.05) is 45.2 Å². The van der Waals surface area contributed by atoms with Crippen molar-refractivity contribution in [1.29, 1.82) is 0 Å². The first-order chi connectivity index (χ1) is 9.56. The first kappa shape index (κ1) is 14.6. The molecule has 2 N–H and O–H groups in total. The molecule has 0 spiro atoms. The first-order valence-electron chi connectivity index (χ1n) is 6.42. The summed E-state index contributed by atoms with van der Waals surface area (Å²) in [4.78, 5) is 19.3. The maximum atomic E-state index is 10.6. The molecule has 0 unspecified atom stereocenters. The van der Waals surface area contributed by atoms with Crippen LogP contribution in [0, 0.1) is 10.1 Å². The third-order valence-electron chi connectivity index (χ3n) is 3.31. The second-order valence-electron chi connectivity index (χ2n) is 4.68. The van der Waals surface area contributed by atoms with Gasteiger partial charge < -0.3 is 10.6 Å². The Morgan fingerprint density at radius 3 is 2.60 bits per heavy atom. The van der Waals surface area contributed by atoms with Crippen LogP contribution in [0.5, 0.6) is 0 Å². The fourth-order valence-corrected chi connectivity index (χ4v) is 2.23. The van der Waals surface area contributed by atoms with Gasteiger partial charge in [-0.15, -0.1) is 0 Å². The molecule has 108 valence electrons. The molecule has 7 nitrogen and oxygen atoms in total. The topological polar surface area (TPSA) is 88.5 Å². The molecule has 1 aromatic heterocycles. The maximum absolute atomic E-state index is 10.6. The molecule has 0 radical (unpaired) electrons. The van der Waals surface area contributed by atoms with Gasteiger partial charge in [0.25, 0.3) is 5.69 Å². The molecule has 0 saturated carbocycles. The molecule has 0 aliphatic carbocycles. The van der Waals surface area contributed by atoms with Gasteiger partial charge in [-0.3, -0.25) is 15.0 Å². The number of pyridine rings is 1. The van der Waals surface area contributed by atoms with Crippen molar-refractivity contribution in [2.24, 2.45) is 5.73 Å². The van der Waals surface area contributed by atoms with Gasteiger partial charge in [-0.05, 0) is 6.07 Å². The number of piperazine rings is 1. The molecule has 20 heavy (non-hydrogen) atoms. The first-order valence-corrected chi connectivity index (χ1v) is 6.83. The maximum Gasteiger partial charge on any atom is 0.287 e. The van der Waals surface area contributed by atoms with Gasteiger partial charge in [0.05, 0.1) is 9.91 Å². The molecule has 0 aromatic carbocycles. The summed E-state index contributed by atoms with van der Waals surface area (Å²) in [7, 11) is 0. The summed E-state index contributed by atoms with van der Waals surface area (Å²) in [5, 5.41) is 10.6. The van der Waals surface area contributed by atoms with E-state index in [0.717, 1.165) is 45.0 Å². The van der Waals surface area contributed by atoms with Crippen molar-refractivity contribution >= 4 is 28.7 Å². The third-order valence-corrected chi connectivity index (χ3v) is 3.52. The lowest BCUT2D eigenvalue weighted by atomic mass is 10.2. The molecule has 2 heterocycles. The minimum Gasteiger partial charge on any atom is -0.393 e. The zero-order valence-corrected chi connectivity index (χ0v) is 11.9. The summed E-state index contributed by atoms with van der Waals surface area (Å²) in [6.45, 7) is 4.42. The van der Waals surface area contributed by atoms with E-state index in [4.69, 9.17) is 18.0 Å². The number of thiocarbonyl (C=S) groups is 1. The van der Waals surface area contributed by atoms with Crippen molar-refractivity contribution in [2.45, 2.75) is 6.42 Å². The van der Waals surface area contributed by atoms with E-state index in [-0.39, 0.29) is 5.69 Å². The highest BCUT2D eigenvalue weighted by Gasteiger charge is 2.18. The average molecular weight is 295 g/mol. The van der Waals surface area contributed by atoms with Gasteiger partial charge in [0.2, 0.25) is 0 Å². The molecule has 1 aliphatic rings. The van der Waals surface area contributed by atoms with Crippen LogP contribution in [0.2, 0.25) is 0 Å². The Balaban J connectivity index is 1.87. The molecule has 1 saturated heterocycles. The third kappa shape index (κ3) is 3.84. The van der Waals surface area contributed by atoms with Crippen LogP contribution < -0.4 is 10.6 Å². The summed E-state index contributed by atoms with van der Waals surface area (Å²) in [6, 6.07) is 3.18. The number of anilines is 1. The van der Waals surface area contributed by atoms with Crippen LogP contribution in [-0.2, 0) is 0 Å². The summed E-state index contributed by atoms with van der Waals surface area (Å²) >= 11 is 4.87. The second kappa shape index (κ2) is 6.58. The van der Waals surface area contributed by atoms with Crippen LogP contribution in [-0.4, -0.2) is 52.5 Å². The SMILES string of the molecule is NC(=S)CCN1CCN(c2ccc([N+](=O)[O-])cn2)CC1. The van der Waals surface area contributed by atoms with Gasteiger partial charge in [0.15, 0.2) is 0 Å². The van der Waals surface area contributed by atoms with Crippen molar-refractivity contribution in [1.82, 2.24) is 9.88 Å². The van der Waals surface area contributed by atoms with E-state index in [2.05, 4.69) is 14.8 Å². The Kier molecular flexibility index (Phi) is 4.80. The molecule has 0 amide bonds. The number of aromatic nitrogens is 1.